The molecule has 0 unspecified atom stereocenters. The number of nitrogens with one attached hydrogen (secondary N) is 1. The first kappa shape index (κ1) is 14.9. The normalized spacial score (nSPS) is 15.6. The first-order valence-electron chi connectivity index (χ1n) is 7.18. The molecule has 0 fully saturated rings. The smallest absolute Gasteiger partial charge is 0.307 e. The van der Waals surface area contributed by atoms with E-state index in [-0.39, 0.29) is 11.6 Å². The molecule has 0 radical (unpaired) electrons. The third-order valence-electron chi connectivity index (χ3n) is 3.30. The van der Waals surface area contributed by atoms with Gasteiger partial charge in [-0.3, -0.25) is 4.79 Å². The SMILES string of the molecule is CCOC(=O)CCNCc1cccc2c1OC(C)(C)C2. The largest absolute Gasteiger partial charge is 0.487 e. The Hall–Kier alpha value is -1.55. The topological polar surface area (TPSA) is 47.6 Å². The standard InChI is InChI=1S/C16H23NO3/c1-4-19-14(18)8-9-17-11-13-7-5-6-12-10-16(2,3)20-15(12)13/h5-7,17H,4,8-11H2,1-3H3. The van der Waals surface area contributed by atoms with Crippen LogP contribution in [-0.4, -0.2) is 24.7 Å². The molecular formula is C16H23NO3. The molecule has 0 atom stereocenters. The molecule has 1 aliphatic rings. The summed E-state index contributed by atoms with van der Waals surface area (Å²) in [6.07, 6.45) is 1.34. The maximum atomic E-state index is 11.2. The van der Waals surface area contributed by atoms with Crippen LogP contribution in [0.2, 0.25) is 0 Å². The van der Waals surface area contributed by atoms with Crippen molar-refractivity contribution in [1.82, 2.24) is 5.32 Å². The lowest BCUT2D eigenvalue weighted by atomic mass is 10.0. The highest BCUT2D eigenvalue weighted by Gasteiger charge is 2.31. The molecule has 0 bridgehead atoms. The Bertz CT molecular complexity index is 483. The van der Waals surface area contributed by atoms with Gasteiger partial charge in [-0.05, 0) is 26.3 Å². The van der Waals surface area contributed by atoms with E-state index in [0.29, 0.717) is 26.1 Å². The van der Waals surface area contributed by atoms with Crippen LogP contribution in [0.1, 0.15) is 38.3 Å². The molecule has 110 valence electrons. The van der Waals surface area contributed by atoms with E-state index in [2.05, 4.69) is 37.4 Å². The Morgan fingerprint density at radius 1 is 1.45 bits per heavy atom. The number of fused-ring (bicyclic) bond motifs is 1. The summed E-state index contributed by atoms with van der Waals surface area (Å²) < 4.78 is 10.9. The Morgan fingerprint density at radius 3 is 3.00 bits per heavy atom. The highest BCUT2D eigenvalue weighted by molar-refractivity contribution is 5.69. The van der Waals surface area contributed by atoms with Gasteiger partial charge in [0, 0.05) is 25.1 Å². The van der Waals surface area contributed by atoms with E-state index < -0.39 is 0 Å². The Labute approximate surface area is 120 Å². The summed E-state index contributed by atoms with van der Waals surface area (Å²) in [6.45, 7) is 7.78. The zero-order valence-electron chi connectivity index (χ0n) is 12.5. The maximum absolute atomic E-state index is 11.2. The van der Waals surface area contributed by atoms with E-state index in [1.54, 1.807) is 0 Å². The lowest BCUT2D eigenvalue weighted by molar-refractivity contribution is -0.142. The second-order valence-corrected chi connectivity index (χ2v) is 5.68. The van der Waals surface area contributed by atoms with Crippen LogP contribution in [0.4, 0.5) is 0 Å². The lowest BCUT2D eigenvalue weighted by Gasteiger charge is -2.18. The second kappa shape index (κ2) is 6.27. The molecule has 1 aromatic rings. The summed E-state index contributed by atoms with van der Waals surface area (Å²) >= 11 is 0. The van der Waals surface area contributed by atoms with Crippen LogP contribution in [0.5, 0.6) is 5.75 Å². The molecule has 0 saturated carbocycles. The van der Waals surface area contributed by atoms with E-state index in [9.17, 15) is 4.79 Å². The van der Waals surface area contributed by atoms with Gasteiger partial charge in [-0.2, -0.15) is 0 Å². The van der Waals surface area contributed by atoms with Crippen molar-refractivity contribution in [1.29, 1.82) is 0 Å². The number of para-hydroxylation sites is 1. The van der Waals surface area contributed by atoms with Crippen LogP contribution in [-0.2, 0) is 22.5 Å². The number of carbonyl (C=O) groups excluding carboxylic acids is 1. The number of rotatable bonds is 6. The minimum absolute atomic E-state index is 0.122. The molecule has 1 N–H and O–H groups in total. The van der Waals surface area contributed by atoms with E-state index in [1.165, 1.54) is 5.56 Å². The molecule has 0 aliphatic carbocycles. The fourth-order valence-electron chi connectivity index (χ4n) is 2.47. The minimum atomic E-state index is -0.157. The molecule has 0 spiro atoms. The van der Waals surface area contributed by atoms with Crippen molar-refractivity contribution < 1.29 is 14.3 Å². The number of benzene rings is 1. The average molecular weight is 277 g/mol. The van der Waals surface area contributed by atoms with E-state index in [0.717, 1.165) is 17.7 Å². The predicted molar refractivity (Wildman–Crippen MR) is 77.8 cm³/mol. The number of esters is 1. The summed E-state index contributed by atoms with van der Waals surface area (Å²) in [4.78, 5) is 11.2. The van der Waals surface area contributed by atoms with Gasteiger partial charge in [-0.15, -0.1) is 0 Å². The van der Waals surface area contributed by atoms with Gasteiger partial charge in [0.2, 0.25) is 0 Å². The summed E-state index contributed by atoms with van der Waals surface area (Å²) in [7, 11) is 0. The van der Waals surface area contributed by atoms with Crippen molar-refractivity contribution in [3.05, 3.63) is 29.3 Å². The third-order valence-corrected chi connectivity index (χ3v) is 3.30. The van der Waals surface area contributed by atoms with E-state index >= 15 is 0 Å². The Morgan fingerprint density at radius 2 is 2.25 bits per heavy atom. The summed E-state index contributed by atoms with van der Waals surface area (Å²) in [5, 5.41) is 3.27. The minimum Gasteiger partial charge on any atom is -0.487 e. The van der Waals surface area contributed by atoms with Crippen LogP contribution in [0.15, 0.2) is 18.2 Å². The molecule has 1 aliphatic heterocycles. The average Bonchev–Trinajstić information content (AvgIpc) is 2.69. The van der Waals surface area contributed by atoms with Crippen molar-refractivity contribution in [2.75, 3.05) is 13.2 Å². The van der Waals surface area contributed by atoms with Crippen LogP contribution in [0.25, 0.3) is 0 Å². The monoisotopic (exact) mass is 277 g/mol. The highest BCUT2D eigenvalue weighted by Crippen LogP contribution is 2.37. The molecular weight excluding hydrogens is 254 g/mol. The Kier molecular flexibility index (Phi) is 4.65. The van der Waals surface area contributed by atoms with Gasteiger partial charge in [0.1, 0.15) is 11.4 Å². The van der Waals surface area contributed by atoms with Gasteiger partial charge in [0.15, 0.2) is 0 Å². The number of ether oxygens (including phenoxy) is 2. The quantitative estimate of drug-likeness (QED) is 0.641. The van der Waals surface area contributed by atoms with Crippen LogP contribution in [0.3, 0.4) is 0 Å². The third kappa shape index (κ3) is 3.73. The molecule has 4 nitrogen and oxygen atoms in total. The van der Waals surface area contributed by atoms with Crippen LogP contribution >= 0.6 is 0 Å². The van der Waals surface area contributed by atoms with Gasteiger partial charge in [-0.25, -0.2) is 0 Å². The molecule has 0 aromatic heterocycles. The summed E-state index contributed by atoms with van der Waals surface area (Å²) in [6, 6.07) is 6.25. The second-order valence-electron chi connectivity index (χ2n) is 5.68. The van der Waals surface area contributed by atoms with Crippen molar-refractivity contribution in [3.8, 4) is 5.75 Å². The zero-order valence-corrected chi connectivity index (χ0v) is 12.5. The van der Waals surface area contributed by atoms with E-state index in [1.807, 2.05) is 6.92 Å². The summed E-state index contributed by atoms with van der Waals surface area (Å²) in [5.74, 6) is 0.844. The van der Waals surface area contributed by atoms with Gasteiger partial charge in [-0.1, -0.05) is 18.2 Å². The summed E-state index contributed by atoms with van der Waals surface area (Å²) in [5.41, 5.74) is 2.29. The molecule has 0 saturated heterocycles. The van der Waals surface area contributed by atoms with Gasteiger partial charge >= 0.3 is 5.97 Å². The van der Waals surface area contributed by atoms with Crippen LogP contribution < -0.4 is 10.1 Å². The molecule has 2 rings (SSSR count). The number of hydrogen-bond donors (Lipinski definition) is 1. The highest BCUT2D eigenvalue weighted by atomic mass is 16.5. The van der Waals surface area contributed by atoms with Gasteiger partial charge < -0.3 is 14.8 Å². The first-order chi connectivity index (χ1) is 9.52. The molecule has 1 aromatic carbocycles. The predicted octanol–water partition coefficient (Wildman–Crippen LogP) is 2.44. The van der Waals surface area contributed by atoms with Crippen molar-refractivity contribution >= 4 is 5.97 Å². The molecule has 20 heavy (non-hydrogen) atoms. The van der Waals surface area contributed by atoms with Gasteiger partial charge in [0.05, 0.1) is 13.0 Å². The van der Waals surface area contributed by atoms with E-state index in [4.69, 9.17) is 9.47 Å². The Balaban J connectivity index is 1.86. The van der Waals surface area contributed by atoms with Crippen molar-refractivity contribution in [3.63, 3.8) is 0 Å². The first-order valence-corrected chi connectivity index (χ1v) is 7.18. The number of carbonyl (C=O) groups is 1. The van der Waals surface area contributed by atoms with Crippen molar-refractivity contribution in [2.45, 2.75) is 45.8 Å². The molecule has 0 amide bonds. The zero-order chi connectivity index (χ0) is 14.6. The maximum Gasteiger partial charge on any atom is 0.307 e. The van der Waals surface area contributed by atoms with Crippen LogP contribution in [0, 0.1) is 0 Å². The fourth-order valence-corrected chi connectivity index (χ4v) is 2.47. The lowest BCUT2D eigenvalue weighted by Crippen LogP contribution is -2.25. The fraction of sp³-hybridized carbons (Fsp3) is 0.562. The van der Waals surface area contributed by atoms with Gasteiger partial charge in [0.25, 0.3) is 0 Å². The molecule has 1 heterocycles. The number of hydrogen-bond acceptors (Lipinski definition) is 4. The van der Waals surface area contributed by atoms with Crippen molar-refractivity contribution in [2.24, 2.45) is 0 Å². The molecule has 4 heteroatoms.